The molecule has 1 atom stereocenters. The molecule has 1 aromatic heterocycles. The van der Waals surface area contributed by atoms with E-state index in [-0.39, 0.29) is 11.9 Å². The van der Waals surface area contributed by atoms with Gasteiger partial charge in [0, 0.05) is 10.9 Å². The maximum absolute atomic E-state index is 13.4. The number of fused-ring (bicyclic) bond motifs is 1. The number of benzene rings is 1. The summed E-state index contributed by atoms with van der Waals surface area (Å²) in [5.74, 6) is 1.64. The van der Waals surface area contributed by atoms with Gasteiger partial charge in [0.2, 0.25) is 0 Å². The zero-order valence-corrected chi connectivity index (χ0v) is 11.7. The first-order valence-corrected chi connectivity index (χ1v) is 7.48. The Hall–Kier alpha value is -0.970. The van der Waals surface area contributed by atoms with Crippen LogP contribution in [0, 0.1) is 5.82 Å². The van der Waals surface area contributed by atoms with E-state index in [1.165, 1.54) is 6.07 Å². The molecule has 1 unspecified atom stereocenters. The molecule has 3 rings (SSSR count). The quantitative estimate of drug-likeness (QED) is 0.909. The van der Waals surface area contributed by atoms with Gasteiger partial charge < -0.3 is 9.73 Å². The van der Waals surface area contributed by atoms with Crippen molar-refractivity contribution in [1.82, 2.24) is 5.32 Å². The van der Waals surface area contributed by atoms with E-state index in [9.17, 15) is 4.39 Å². The van der Waals surface area contributed by atoms with E-state index in [2.05, 4.69) is 5.32 Å². The molecule has 0 radical (unpaired) electrons. The maximum Gasteiger partial charge on any atom is 0.193 e. The number of thioether (sulfide) groups is 1. The van der Waals surface area contributed by atoms with Crippen molar-refractivity contribution in [3.8, 4) is 0 Å². The van der Waals surface area contributed by atoms with Gasteiger partial charge in [0.1, 0.15) is 11.6 Å². The van der Waals surface area contributed by atoms with Gasteiger partial charge in [0.15, 0.2) is 5.22 Å². The minimum Gasteiger partial charge on any atom is -0.448 e. The molecule has 0 aliphatic carbocycles. The maximum atomic E-state index is 13.4. The molecule has 1 aliphatic rings. The van der Waals surface area contributed by atoms with Crippen molar-refractivity contribution < 1.29 is 8.81 Å². The van der Waals surface area contributed by atoms with Crippen LogP contribution in [-0.4, -0.2) is 5.75 Å². The van der Waals surface area contributed by atoms with Crippen LogP contribution in [0.3, 0.4) is 0 Å². The summed E-state index contributed by atoms with van der Waals surface area (Å²) in [6.45, 7) is 0.595. The van der Waals surface area contributed by atoms with E-state index in [1.807, 2.05) is 12.1 Å². The van der Waals surface area contributed by atoms with Crippen molar-refractivity contribution in [2.75, 3.05) is 5.75 Å². The van der Waals surface area contributed by atoms with Crippen LogP contribution in [0.1, 0.15) is 23.8 Å². The third-order valence-electron chi connectivity index (χ3n) is 3.16. The second-order valence-electron chi connectivity index (χ2n) is 4.46. The van der Waals surface area contributed by atoms with Gasteiger partial charge in [0.25, 0.3) is 0 Å². The Kier molecular flexibility index (Phi) is 3.82. The Morgan fingerprint density at radius 2 is 2.26 bits per heavy atom. The van der Waals surface area contributed by atoms with Crippen LogP contribution in [0.2, 0.25) is 5.22 Å². The van der Waals surface area contributed by atoms with Crippen molar-refractivity contribution in [2.45, 2.75) is 23.9 Å². The lowest BCUT2D eigenvalue weighted by molar-refractivity contribution is 0.439. The SMILES string of the molecule is Fc1ccc2c(c1)C(NCc1ccc(Cl)o1)CCS2. The van der Waals surface area contributed by atoms with Gasteiger partial charge >= 0.3 is 0 Å². The van der Waals surface area contributed by atoms with E-state index >= 15 is 0 Å². The minimum absolute atomic E-state index is 0.163. The Labute approximate surface area is 120 Å². The van der Waals surface area contributed by atoms with Crippen LogP contribution in [0.4, 0.5) is 4.39 Å². The molecule has 0 amide bonds. The average molecular weight is 298 g/mol. The van der Waals surface area contributed by atoms with Gasteiger partial charge in [-0.05, 0) is 59.7 Å². The van der Waals surface area contributed by atoms with Gasteiger partial charge in [-0.3, -0.25) is 0 Å². The molecule has 0 saturated heterocycles. The molecule has 0 fully saturated rings. The largest absolute Gasteiger partial charge is 0.448 e. The van der Waals surface area contributed by atoms with Crippen molar-refractivity contribution in [3.63, 3.8) is 0 Å². The summed E-state index contributed by atoms with van der Waals surface area (Å²) in [5, 5.41) is 3.79. The first-order chi connectivity index (χ1) is 9.22. The van der Waals surface area contributed by atoms with Crippen LogP contribution in [0.5, 0.6) is 0 Å². The number of rotatable bonds is 3. The predicted octanol–water partition coefficient (Wildman–Crippen LogP) is 4.40. The van der Waals surface area contributed by atoms with Crippen LogP contribution in [-0.2, 0) is 6.54 Å². The average Bonchev–Trinajstić information content (AvgIpc) is 2.82. The molecule has 1 aromatic carbocycles. The van der Waals surface area contributed by atoms with Gasteiger partial charge in [0.05, 0.1) is 6.54 Å². The third-order valence-corrected chi connectivity index (χ3v) is 4.49. The summed E-state index contributed by atoms with van der Waals surface area (Å²) in [4.78, 5) is 1.16. The van der Waals surface area contributed by atoms with Gasteiger partial charge in [-0.15, -0.1) is 11.8 Å². The highest BCUT2D eigenvalue weighted by molar-refractivity contribution is 7.99. The van der Waals surface area contributed by atoms with Crippen molar-refractivity contribution in [1.29, 1.82) is 0 Å². The highest BCUT2D eigenvalue weighted by Gasteiger charge is 2.21. The molecule has 1 aliphatic heterocycles. The fourth-order valence-electron chi connectivity index (χ4n) is 2.25. The third kappa shape index (κ3) is 2.96. The Morgan fingerprint density at radius 1 is 1.37 bits per heavy atom. The number of hydrogen-bond donors (Lipinski definition) is 1. The molecule has 0 spiro atoms. The standard InChI is InChI=1S/C14H13ClFNOS/c15-14-4-2-10(18-14)8-17-12-5-6-19-13-3-1-9(16)7-11(12)13/h1-4,7,12,17H,5-6,8H2. The fraction of sp³-hybridized carbons (Fsp3) is 0.286. The zero-order chi connectivity index (χ0) is 13.2. The van der Waals surface area contributed by atoms with Gasteiger partial charge in [-0.1, -0.05) is 0 Å². The molecule has 0 bridgehead atoms. The lowest BCUT2D eigenvalue weighted by atomic mass is 10.0. The molecule has 2 aromatic rings. The predicted molar refractivity (Wildman–Crippen MR) is 75.0 cm³/mol. The molecule has 2 heterocycles. The number of halogens is 2. The van der Waals surface area contributed by atoms with E-state index in [4.69, 9.17) is 16.0 Å². The molecule has 1 N–H and O–H groups in total. The Balaban J connectivity index is 1.74. The normalized spacial score (nSPS) is 18.3. The Bertz CT molecular complexity index is 587. The van der Waals surface area contributed by atoms with E-state index in [0.29, 0.717) is 11.8 Å². The molecular formula is C14H13ClFNOS. The number of nitrogens with one attached hydrogen (secondary N) is 1. The fourth-order valence-corrected chi connectivity index (χ4v) is 3.52. The van der Waals surface area contributed by atoms with Crippen molar-refractivity contribution >= 4 is 23.4 Å². The van der Waals surface area contributed by atoms with Crippen LogP contribution >= 0.6 is 23.4 Å². The second kappa shape index (κ2) is 5.57. The Morgan fingerprint density at radius 3 is 3.05 bits per heavy atom. The first-order valence-electron chi connectivity index (χ1n) is 6.12. The number of furan rings is 1. The molecular weight excluding hydrogens is 285 g/mol. The number of hydrogen-bond acceptors (Lipinski definition) is 3. The summed E-state index contributed by atoms with van der Waals surface area (Å²) >= 11 is 7.51. The summed E-state index contributed by atoms with van der Waals surface area (Å²) in [6.07, 6.45) is 0.982. The molecule has 5 heteroatoms. The molecule has 0 saturated carbocycles. The zero-order valence-electron chi connectivity index (χ0n) is 10.2. The van der Waals surface area contributed by atoms with E-state index in [1.54, 1.807) is 23.9 Å². The summed E-state index contributed by atoms with van der Waals surface area (Å²) in [7, 11) is 0. The highest BCUT2D eigenvalue weighted by atomic mass is 35.5. The summed E-state index contributed by atoms with van der Waals surface area (Å²) < 4.78 is 18.7. The second-order valence-corrected chi connectivity index (χ2v) is 5.97. The molecule has 100 valence electrons. The topological polar surface area (TPSA) is 25.2 Å². The van der Waals surface area contributed by atoms with Gasteiger partial charge in [-0.2, -0.15) is 0 Å². The monoisotopic (exact) mass is 297 g/mol. The van der Waals surface area contributed by atoms with Gasteiger partial charge in [-0.25, -0.2) is 4.39 Å². The van der Waals surface area contributed by atoms with Crippen molar-refractivity contribution in [2.24, 2.45) is 0 Å². The summed E-state index contributed by atoms with van der Waals surface area (Å²) in [5.41, 5.74) is 1.04. The van der Waals surface area contributed by atoms with Crippen LogP contribution in [0.15, 0.2) is 39.6 Å². The lowest BCUT2D eigenvalue weighted by Gasteiger charge is -2.25. The highest BCUT2D eigenvalue weighted by Crippen LogP contribution is 2.36. The minimum atomic E-state index is -0.186. The van der Waals surface area contributed by atoms with E-state index in [0.717, 1.165) is 28.4 Å². The molecule has 19 heavy (non-hydrogen) atoms. The first kappa shape index (κ1) is 13.0. The summed E-state index contributed by atoms with van der Waals surface area (Å²) in [6, 6.07) is 8.72. The van der Waals surface area contributed by atoms with Crippen LogP contribution in [0.25, 0.3) is 0 Å². The smallest absolute Gasteiger partial charge is 0.193 e. The lowest BCUT2D eigenvalue weighted by Crippen LogP contribution is -2.24. The van der Waals surface area contributed by atoms with E-state index < -0.39 is 0 Å². The van der Waals surface area contributed by atoms with Crippen molar-refractivity contribution in [3.05, 3.63) is 52.7 Å². The molecule has 2 nitrogen and oxygen atoms in total. The van der Waals surface area contributed by atoms with Crippen LogP contribution < -0.4 is 5.32 Å².